The van der Waals surface area contributed by atoms with Crippen molar-refractivity contribution < 1.29 is 5.11 Å². The third kappa shape index (κ3) is 4.62. The van der Waals surface area contributed by atoms with Gasteiger partial charge in [0.15, 0.2) is 0 Å². The fourth-order valence-electron chi connectivity index (χ4n) is 3.68. The molecule has 0 amide bonds. The molecule has 1 aliphatic carbocycles. The van der Waals surface area contributed by atoms with Crippen LogP contribution < -0.4 is 0 Å². The molecule has 2 aliphatic rings. The minimum absolute atomic E-state index is 0.168. The monoisotopic (exact) mass is 336 g/mol. The first kappa shape index (κ1) is 17.1. The van der Waals surface area contributed by atoms with Crippen molar-refractivity contribution in [2.75, 3.05) is 26.2 Å². The predicted molar refractivity (Wildman–Crippen MR) is 95.9 cm³/mol. The molecule has 1 aromatic carbocycles. The fourth-order valence-corrected chi connectivity index (χ4v) is 3.88. The Hall–Kier alpha value is -0.770. The van der Waals surface area contributed by atoms with E-state index in [0.29, 0.717) is 17.0 Å². The highest BCUT2D eigenvalue weighted by Gasteiger charge is 2.32. The van der Waals surface area contributed by atoms with Crippen molar-refractivity contribution in [1.82, 2.24) is 9.80 Å². The number of phenolic OH excluding ortho intramolecular Hbond substituents is 1. The van der Waals surface area contributed by atoms with Gasteiger partial charge in [0.2, 0.25) is 0 Å². The topological polar surface area (TPSA) is 26.7 Å². The van der Waals surface area contributed by atoms with Crippen LogP contribution in [0.15, 0.2) is 18.2 Å². The predicted octanol–water partition coefficient (Wildman–Crippen LogP) is 3.99. The zero-order chi connectivity index (χ0) is 16.4. The quantitative estimate of drug-likeness (QED) is 0.880. The third-order valence-corrected chi connectivity index (χ3v) is 5.51. The summed E-state index contributed by atoms with van der Waals surface area (Å²) in [6.45, 7) is 10.4. The number of phenols is 1. The lowest BCUT2D eigenvalue weighted by Gasteiger charge is -2.34. The van der Waals surface area contributed by atoms with Crippen molar-refractivity contribution >= 4 is 11.6 Å². The van der Waals surface area contributed by atoms with Crippen LogP contribution in [0.25, 0.3) is 0 Å². The molecule has 0 spiro atoms. The summed E-state index contributed by atoms with van der Waals surface area (Å²) in [5, 5.41) is 10.0. The number of nitrogens with zero attached hydrogens (tertiary/aromatic N) is 2. The van der Waals surface area contributed by atoms with Crippen molar-refractivity contribution in [2.45, 2.75) is 45.7 Å². The van der Waals surface area contributed by atoms with Crippen LogP contribution >= 0.6 is 11.6 Å². The second kappa shape index (κ2) is 7.42. The van der Waals surface area contributed by atoms with Crippen LogP contribution in [-0.2, 0) is 6.54 Å². The van der Waals surface area contributed by atoms with Gasteiger partial charge < -0.3 is 5.11 Å². The van der Waals surface area contributed by atoms with Crippen LogP contribution in [0.4, 0.5) is 0 Å². The van der Waals surface area contributed by atoms with Gasteiger partial charge in [0.1, 0.15) is 5.75 Å². The van der Waals surface area contributed by atoms with E-state index in [1.54, 1.807) is 6.07 Å². The molecule has 1 N–H and O–H groups in total. The Kier molecular flexibility index (Phi) is 5.50. The summed E-state index contributed by atoms with van der Waals surface area (Å²) in [7, 11) is 0. The Morgan fingerprint density at radius 1 is 1.26 bits per heavy atom. The van der Waals surface area contributed by atoms with E-state index < -0.39 is 0 Å². The summed E-state index contributed by atoms with van der Waals surface area (Å²) >= 11 is 6.05. The summed E-state index contributed by atoms with van der Waals surface area (Å²) in [5.41, 5.74) is 1.19. The molecule has 1 heterocycles. The normalized spacial score (nSPS) is 24.1. The van der Waals surface area contributed by atoms with Gasteiger partial charge in [0.25, 0.3) is 0 Å². The van der Waals surface area contributed by atoms with Gasteiger partial charge in [-0.05, 0) is 61.9 Å². The molecule has 1 aromatic rings. The fraction of sp³-hybridized carbons (Fsp3) is 0.684. The van der Waals surface area contributed by atoms with Crippen LogP contribution in [0.3, 0.4) is 0 Å². The highest BCUT2D eigenvalue weighted by molar-refractivity contribution is 6.32. The van der Waals surface area contributed by atoms with Crippen LogP contribution in [0.5, 0.6) is 5.75 Å². The summed E-state index contributed by atoms with van der Waals surface area (Å²) in [6.07, 6.45) is 4.09. The Balaban J connectivity index is 1.66. The Labute approximate surface area is 145 Å². The van der Waals surface area contributed by atoms with Crippen LogP contribution in [0.1, 0.15) is 38.7 Å². The SMILES string of the molecule is CC(C)[C@H]1CN(Cc2ccc(O)c(Cl)c2)CCCN1CC1CC1. The van der Waals surface area contributed by atoms with Crippen LogP contribution in [0, 0.1) is 11.8 Å². The largest absolute Gasteiger partial charge is 0.506 e. The molecule has 4 heteroatoms. The maximum atomic E-state index is 9.58. The summed E-state index contributed by atoms with van der Waals surface area (Å²) in [4.78, 5) is 5.30. The average Bonchev–Trinajstić information content (AvgIpc) is 3.32. The third-order valence-electron chi connectivity index (χ3n) is 5.21. The zero-order valence-electron chi connectivity index (χ0n) is 14.3. The number of rotatable bonds is 5. The van der Waals surface area contributed by atoms with Gasteiger partial charge >= 0.3 is 0 Å². The lowest BCUT2D eigenvalue weighted by atomic mass is 10.0. The molecular weight excluding hydrogens is 308 g/mol. The minimum Gasteiger partial charge on any atom is -0.506 e. The lowest BCUT2D eigenvalue weighted by Crippen LogP contribution is -2.45. The molecule has 1 aliphatic heterocycles. The second-order valence-electron chi connectivity index (χ2n) is 7.62. The minimum atomic E-state index is 0.168. The van der Waals surface area contributed by atoms with E-state index in [4.69, 9.17) is 11.6 Å². The zero-order valence-corrected chi connectivity index (χ0v) is 15.1. The first-order valence-electron chi connectivity index (χ1n) is 8.96. The highest BCUT2D eigenvalue weighted by atomic mass is 35.5. The van der Waals surface area contributed by atoms with Gasteiger partial charge in [-0.2, -0.15) is 0 Å². The van der Waals surface area contributed by atoms with E-state index in [-0.39, 0.29) is 5.75 Å². The first-order chi connectivity index (χ1) is 11.0. The van der Waals surface area contributed by atoms with Crippen LogP contribution in [-0.4, -0.2) is 47.1 Å². The molecule has 0 aromatic heterocycles. The average molecular weight is 337 g/mol. The van der Waals surface area contributed by atoms with Crippen LogP contribution in [0.2, 0.25) is 5.02 Å². The van der Waals surface area contributed by atoms with Gasteiger partial charge in [-0.1, -0.05) is 31.5 Å². The van der Waals surface area contributed by atoms with Crippen molar-refractivity contribution in [2.24, 2.45) is 11.8 Å². The van der Waals surface area contributed by atoms with Gasteiger partial charge in [-0.25, -0.2) is 0 Å². The Morgan fingerprint density at radius 3 is 2.70 bits per heavy atom. The van der Waals surface area contributed by atoms with Crippen molar-refractivity contribution in [1.29, 1.82) is 0 Å². The molecule has 1 atom stereocenters. The number of benzene rings is 1. The lowest BCUT2D eigenvalue weighted by molar-refractivity contribution is 0.132. The number of halogens is 1. The van der Waals surface area contributed by atoms with Crippen molar-refractivity contribution in [3.8, 4) is 5.75 Å². The van der Waals surface area contributed by atoms with E-state index >= 15 is 0 Å². The molecule has 1 saturated carbocycles. The van der Waals surface area contributed by atoms with Gasteiger partial charge in [-0.3, -0.25) is 9.80 Å². The van der Waals surface area contributed by atoms with Crippen molar-refractivity contribution in [3.05, 3.63) is 28.8 Å². The number of hydrogen-bond donors (Lipinski definition) is 1. The van der Waals surface area contributed by atoms with E-state index in [2.05, 4.69) is 23.6 Å². The summed E-state index contributed by atoms with van der Waals surface area (Å²) < 4.78 is 0. The highest BCUT2D eigenvalue weighted by Crippen LogP contribution is 2.32. The molecule has 0 radical (unpaired) electrons. The summed E-state index contributed by atoms with van der Waals surface area (Å²) in [5.74, 6) is 1.80. The van der Waals surface area contributed by atoms with E-state index in [0.717, 1.165) is 25.6 Å². The standard InChI is InChI=1S/C19H29ClN2O/c1-14(2)18-13-21(8-3-9-22(18)12-15-4-5-15)11-16-6-7-19(23)17(20)10-16/h6-7,10,14-15,18,23H,3-5,8-9,11-13H2,1-2H3/t18-/m1/s1. The smallest absolute Gasteiger partial charge is 0.134 e. The van der Waals surface area contributed by atoms with E-state index in [9.17, 15) is 5.11 Å². The van der Waals surface area contributed by atoms with E-state index in [1.165, 1.54) is 37.9 Å². The molecular formula is C19H29ClN2O. The second-order valence-corrected chi connectivity index (χ2v) is 8.03. The molecule has 128 valence electrons. The molecule has 2 fully saturated rings. The number of hydrogen-bond acceptors (Lipinski definition) is 3. The van der Waals surface area contributed by atoms with Gasteiger partial charge in [-0.15, -0.1) is 0 Å². The molecule has 0 unspecified atom stereocenters. The van der Waals surface area contributed by atoms with Crippen molar-refractivity contribution in [3.63, 3.8) is 0 Å². The molecule has 3 nitrogen and oxygen atoms in total. The number of aromatic hydroxyl groups is 1. The maximum absolute atomic E-state index is 9.58. The molecule has 3 rings (SSSR count). The Bertz CT molecular complexity index is 530. The maximum Gasteiger partial charge on any atom is 0.134 e. The molecule has 1 saturated heterocycles. The molecule has 0 bridgehead atoms. The van der Waals surface area contributed by atoms with Gasteiger partial charge in [0.05, 0.1) is 5.02 Å². The van der Waals surface area contributed by atoms with Gasteiger partial charge in [0, 0.05) is 25.7 Å². The first-order valence-corrected chi connectivity index (χ1v) is 9.34. The Morgan fingerprint density at radius 2 is 2.04 bits per heavy atom. The summed E-state index contributed by atoms with van der Waals surface area (Å²) in [6, 6.07) is 6.23. The molecule has 23 heavy (non-hydrogen) atoms. The van der Waals surface area contributed by atoms with E-state index in [1.807, 2.05) is 12.1 Å².